The Balaban J connectivity index is 3.66. The minimum absolute atomic E-state index is 0.0596. The molecule has 0 radical (unpaired) electrons. The summed E-state index contributed by atoms with van der Waals surface area (Å²) in [4.78, 5) is 81.2. The zero-order valence-electron chi connectivity index (χ0n) is 35.9. The summed E-state index contributed by atoms with van der Waals surface area (Å²) in [7, 11) is -1.63. The first kappa shape index (κ1) is 49.8. The van der Waals surface area contributed by atoms with Crippen LogP contribution in [0.25, 0.3) is 0 Å². The fourth-order valence-electron chi connectivity index (χ4n) is 4.67. The highest BCUT2D eigenvalue weighted by molar-refractivity contribution is 8.13. The van der Waals surface area contributed by atoms with Gasteiger partial charge >= 0.3 is 26.8 Å². The van der Waals surface area contributed by atoms with Crippen molar-refractivity contribution in [3.8, 4) is 5.75 Å². The van der Waals surface area contributed by atoms with Crippen molar-refractivity contribution in [1.29, 1.82) is 0 Å². The fourth-order valence-corrected chi connectivity index (χ4v) is 7.17. The maximum absolute atomic E-state index is 14.4. The van der Waals surface area contributed by atoms with E-state index in [0.717, 1.165) is 6.92 Å². The summed E-state index contributed by atoms with van der Waals surface area (Å²) < 4.78 is 31.0. The van der Waals surface area contributed by atoms with Crippen molar-refractivity contribution in [3.05, 3.63) is 29.8 Å². The van der Waals surface area contributed by atoms with Gasteiger partial charge in [-0.2, -0.15) is 0 Å². The average Bonchev–Trinajstić information content (AvgIpc) is 2.95. The normalized spacial score (nSPS) is 13.6. The van der Waals surface area contributed by atoms with Crippen molar-refractivity contribution in [1.82, 2.24) is 14.5 Å². The molecule has 1 rings (SSSR count). The van der Waals surface area contributed by atoms with Crippen LogP contribution in [0, 0.1) is 5.41 Å². The molecule has 0 bridgehead atoms. The highest BCUT2D eigenvalue weighted by atomic mass is 32.2. The second kappa shape index (κ2) is 20.2. The lowest BCUT2D eigenvalue weighted by Crippen LogP contribution is -2.58. The van der Waals surface area contributed by atoms with E-state index in [2.05, 4.69) is 4.67 Å². The Labute approximate surface area is 333 Å². The lowest BCUT2D eigenvalue weighted by Gasteiger charge is -2.35. The first-order valence-corrected chi connectivity index (χ1v) is 20.4. The molecule has 0 heterocycles. The van der Waals surface area contributed by atoms with Crippen LogP contribution in [-0.2, 0) is 39.5 Å². The van der Waals surface area contributed by atoms with Crippen LogP contribution in [0.15, 0.2) is 24.3 Å². The molecule has 0 saturated carbocycles. The van der Waals surface area contributed by atoms with E-state index < -0.39 is 66.9 Å². The fraction of sp³-hybridized carbons (Fsp3) is 0.692. The van der Waals surface area contributed by atoms with E-state index in [1.54, 1.807) is 86.6 Å². The number of benzene rings is 1. The van der Waals surface area contributed by atoms with Crippen molar-refractivity contribution in [2.75, 3.05) is 12.4 Å². The molecular formula is C39H64N3O11PS. The molecule has 0 fully saturated rings. The van der Waals surface area contributed by atoms with Crippen molar-refractivity contribution in [2.24, 2.45) is 5.41 Å². The first-order chi connectivity index (χ1) is 24.8. The molecular weight excluding hydrogens is 749 g/mol. The molecule has 1 aromatic carbocycles. The molecule has 1 unspecified atom stereocenters. The van der Waals surface area contributed by atoms with E-state index in [9.17, 15) is 28.8 Å². The van der Waals surface area contributed by atoms with Crippen LogP contribution in [0.5, 0.6) is 5.75 Å². The van der Waals surface area contributed by atoms with Crippen LogP contribution in [0.3, 0.4) is 0 Å². The number of hydrogen-bond acceptors (Lipinski definition) is 13. The zero-order valence-corrected chi connectivity index (χ0v) is 37.6. The Morgan fingerprint density at radius 2 is 1.13 bits per heavy atom. The van der Waals surface area contributed by atoms with Gasteiger partial charge in [-0.1, -0.05) is 44.7 Å². The smallest absolute Gasteiger partial charge is 0.426 e. The number of rotatable bonds is 13. The number of ether oxygens (including phenoxy) is 3. The highest BCUT2D eigenvalue weighted by Gasteiger charge is 2.45. The number of nitrogens with zero attached hydrogens (tertiary/aromatic N) is 3. The third kappa shape index (κ3) is 17.6. The SMILES string of the molecule is CC(=O)N(C(=O)OC(C)(C)C)[C@@H](Cc1ccc(OP(OCCSC(=O)C(C)(C)C)N(C(C)C)C(C)C)cc1)C(=O)N(C(=O)OC(C)(C)C)C(=O)OC(C)(C)C. The molecule has 0 spiro atoms. The van der Waals surface area contributed by atoms with Gasteiger partial charge in [-0.15, -0.1) is 4.90 Å². The molecule has 0 N–H and O–H groups in total. The van der Waals surface area contributed by atoms with Gasteiger partial charge in [0.2, 0.25) is 5.91 Å². The lowest BCUT2D eigenvalue weighted by atomic mass is 10.00. The second-order valence-corrected chi connectivity index (χ2v) is 19.9. The predicted octanol–water partition coefficient (Wildman–Crippen LogP) is 9.13. The van der Waals surface area contributed by atoms with Gasteiger partial charge in [0.1, 0.15) is 28.6 Å². The summed E-state index contributed by atoms with van der Waals surface area (Å²) in [5, 5.41) is 0.0635. The van der Waals surface area contributed by atoms with Gasteiger partial charge < -0.3 is 23.3 Å². The van der Waals surface area contributed by atoms with Gasteiger partial charge in [-0.3, -0.25) is 14.4 Å². The van der Waals surface area contributed by atoms with Crippen LogP contribution >= 0.6 is 20.3 Å². The van der Waals surface area contributed by atoms with Crippen molar-refractivity contribution < 1.29 is 52.0 Å². The topological polar surface area (TPSA) is 158 Å². The molecule has 0 aliphatic heterocycles. The van der Waals surface area contributed by atoms with Crippen LogP contribution in [0.4, 0.5) is 14.4 Å². The van der Waals surface area contributed by atoms with Crippen molar-refractivity contribution >= 4 is 55.5 Å². The van der Waals surface area contributed by atoms with Crippen molar-refractivity contribution in [2.45, 2.75) is 159 Å². The summed E-state index contributed by atoms with van der Waals surface area (Å²) in [6.45, 7) is 29.2. The minimum Gasteiger partial charge on any atom is -0.443 e. The van der Waals surface area contributed by atoms with Crippen LogP contribution in [-0.4, -0.2) is 97.0 Å². The van der Waals surface area contributed by atoms with E-state index in [1.165, 1.54) is 11.8 Å². The summed E-state index contributed by atoms with van der Waals surface area (Å²) in [6, 6.07) is 4.94. The number of hydrogen-bond donors (Lipinski definition) is 0. The summed E-state index contributed by atoms with van der Waals surface area (Å²) in [6.07, 6.45) is -4.17. The highest BCUT2D eigenvalue weighted by Crippen LogP contribution is 2.46. The van der Waals surface area contributed by atoms with Gasteiger partial charge in [0, 0.05) is 36.6 Å². The Morgan fingerprint density at radius 3 is 1.51 bits per heavy atom. The summed E-state index contributed by atoms with van der Waals surface area (Å²) >= 11 is 1.21. The average molecular weight is 814 g/mol. The number of thioether (sulfide) groups is 1. The monoisotopic (exact) mass is 813 g/mol. The van der Waals surface area contributed by atoms with Gasteiger partial charge in [0.15, 0.2) is 5.12 Å². The maximum atomic E-state index is 14.4. The number of imide groups is 4. The summed E-state index contributed by atoms with van der Waals surface area (Å²) in [5.74, 6) is -1.23. The molecule has 0 aliphatic carbocycles. The van der Waals surface area contributed by atoms with E-state index in [0.29, 0.717) is 22.0 Å². The van der Waals surface area contributed by atoms with Crippen LogP contribution in [0.2, 0.25) is 0 Å². The molecule has 14 nitrogen and oxygen atoms in total. The third-order valence-corrected chi connectivity index (χ3v) is 10.1. The van der Waals surface area contributed by atoms with E-state index >= 15 is 0 Å². The van der Waals surface area contributed by atoms with E-state index in [1.807, 2.05) is 48.5 Å². The largest absolute Gasteiger partial charge is 0.443 e. The van der Waals surface area contributed by atoms with Crippen LogP contribution < -0.4 is 4.52 Å². The summed E-state index contributed by atoms with van der Waals surface area (Å²) in [5.41, 5.74) is -3.34. The quantitative estimate of drug-likeness (QED) is 0.106. The Hall–Kier alpha value is -3.26. The van der Waals surface area contributed by atoms with E-state index in [-0.39, 0.29) is 35.1 Å². The molecule has 55 heavy (non-hydrogen) atoms. The number of carbonyl (C=O) groups is 6. The number of amides is 5. The molecule has 5 amide bonds. The molecule has 16 heteroatoms. The molecule has 312 valence electrons. The Bertz CT molecular complexity index is 1450. The molecule has 0 saturated heterocycles. The third-order valence-electron chi connectivity index (χ3n) is 6.81. The maximum Gasteiger partial charge on any atom is 0.426 e. The van der Waals surface area contributed by atoms with Gasteiger partial charge in [0.05, 0.1) is 6.61 Å². The minimum atomic E-state index is -1.75. The molecule has 0 aromatic heterocycles. The standard InChI is InChI=1S/C39H64N3O11PS/c1-25(2)42(26(3)4)54(49-22-23-55-32(45)36(6,7)8)53-29-20-18-28(19-21-29)24-30(40(27(5)43)33(46)50-37(9,10)11)31(44)41(34(47)51-38(12,13)14)35(48)52-39(15,16)17/h18-21,25-26,30H,22-24H2,1-17H3/t30-,54?/m0/s1. The molecule has 1 aromatic rings. The molecule has 0 aliphatic rings. The zero-order chi connectivity index (χ0) is 42.9. The Morgan fingerprint density at radius 1 is 0.691 bits per heavy atom. The van der Waals surface area contributed by atoms with Crippen molar-refractivity contribution in [3.63, 3.8) is 0 Å². The Kier molecular flexibility index (Phi) is 18.3. The predicted molar refractivity (Wildman–Crippen MR) is 215 cm³/mol. The second-order valence-electron chi connectivity index (χ2n) is 17.5. The van der Waals surface area contributed by atoms with Gasteiger partial charge in [-0.05, 0) is 108 Å². The number of carbonyl (C=O) groups excluding carboxylic acids is 6. The lowest BCUT2D eigenvalue weighted by molar-refractivity contribution is -0.143. The van der Waals surface area contributed by atoms with E-state index in [4.69, 9.17) is 23.3 Å². The first-order valence-electron chi connectivity index (χ1n) is 18.3. The van der Waals surface area contributed by atoms with Crippen LogP contribution in [0.1, 0.15) is 123 Å². The molecule has 2 atom stereocenters. The van der Waals surface area contributed by atoms with Gasteiger partial charge in [-0.25, -0.2) is 24.0 Å². The van der Waals surface area contributed by atoms with Gasteiger partial charge in [0.25, 0.3) is 5.91 Å².